The molecule has 1 aromatic heterocycles. The minimum atomic E-state index is 0.309. The van der Waals surface area contributed by atoms with Crippen molar-refractivity contribution in [3.63, 3.8) is 0 Å². The van der Waals surface area contributed by atoms with Crippen LogP contribution in [0.2, 0.25) is 0 Å². The second-order valence-corrected chi connectivity index (χ2v) is 4.91. The molecular formula is C13H16BrN5O. The summed E-state index contributed by atoms with van der Waals surface area (Å²) in [5, 5.41) is 6.01. The van der Waals surface area contributed by atoms with Gasteiger partial charge in [0.25, 0.3) is 0 Å². The van der Waals surface area contributed by atoms with Gasteiger partial charge < -0.3 is 15.4 Å². The summed E-state index contributed by atoms with van der Waals surface area (Å²) in [6.45, 7) is 2.60. The predicted molar refractivity (Wildman–Crippen MR) is 82.6 cm³/mol. The highest BCUT2D eigenvalue weighted by molar-refractivity contribution is 9.10. The minimum Gasteiger partial charge on any atom is -0.463 e. The molecule has 2 aromatic rings. The van der Waals surface area contributed by atoms with E-state index < -0.39 is 0 Å². The third kappa shape index (κ3) is 4.06. The van der Waals surface area contributed by atoms with Crippen molar-refractivity contribution in [1.82, 2.24) is 15.0 Å². The van der Waals surface area contributed by atoms with Crippen LogP contribution in [-0.2, 0) is 0 Å². The first kappa shape index (κ1) is 14.5. The average molecular weight is 338 g/mol. The fourth-order valence-electron chi connectivity index (χ4n) is 1.48. The van der Waals surface area contributed by atoms with Crippen LogP contribution in [0.3, 0.4) is 0 Å². The van der Waals surface area contributed by atoms with Crippen LogP contribution in [0.5, 0.6) is 6.01 Å². The SMILES string of the molecule is CCCOc1nc(NC)nc(Nc2cccc(Br)c2)n1. The van der Waals surface area contributed by atoms with E-state index in [1.54, 1.807) is 7.05 Å². The van der Waals surface area contributed by atoms with Gasteiger partial charge in [-0.1, -0.05) is 28.9 Å². The Hall–Kier alpha value is -1.89. The minimum absolute atomic E-state index is 0.309. The topological polar surface area (TPSA) is 72.0 Å². The molecule has 0 radical (unpaired) electrons. The molecule has 6 nitrogen and oxygen atoms in total. The molecule has 106 valence electrons. The molecule has 2 rings (SSSR count). The summed E-state index contributed by atoms with van der Waals surface area (Å²) in [4.78, 5) is 12.6. The summed E-state index contributed by atoms with van der Waals surface area (Å²) < 4.78 is 6.43. The molecule has 20 heavy (non-hydrogen) atoms. The van der Waals surface area contributed by atoms with Crippen LogP contribution in [0, 0.1) is 0 Å². The Balaban J connectivity index is 2.21. The van der Waals surface area contributed by atoms with E-state index in [0.717, 1.165) is 16.6 Å². The summed E-state index contributed by atoms with van der Waals surface area (Å²) in [5.74, 6) is 0.900. The van der Waals surface area contributed by atoms with Gasteiger partial charge in [-0.25, -0.2) is 0 Å². The maximum atomic E-state index is 5.45. The van der Waals surface area contributed by atoms with Crippen LogP contribution >= 0.6 is 15.9 Å². The van der Waals surface area contributed by atoms with E-state index in [-0.39, 0.29) is 0 Å². The van der Waals surface area contributed by atoms with Gasteiger partial charge in [-0.05, 0) is 24.6 Å². The van der Waals surface area contributed by atoms with E-state index in [2.05, 4.69) is 41.5 Å². The maximum absolute atomic E-state index is 5.45. The molecule has 0 atom stereocenters. The van der Waals surface area contributed by atoms with Crippen molar-refractivity contribution in [1.29, 1.82) is 0 Å². The first-order valence-electron chi connectivity index (χ1n) is 6.30. The molecule has 0 bridgehead atoms. The lowest BCUT2D eigenvalue weighted by Crippen LogP contribution is -2.07. The number of halogens is 1. The van der Waals surface area contributed by atoms with Gasteiger partial charge in [-0.15, -0.1) is 0 Å². The van der Waals surface area contributed by atoms with Crippen molar-refractivity contribution in [2.75, 3.05) is 24.3 Å². The molecule has 2 N–H and O–H groups in total. The highest BCUT2D eigenvalue weighted by Gasteiger charge is 2.07. The first-order valence-corrected chi connectivity index (χ1v) is 7.09. The third-order valence-corrected chi connectivity index (χ3v) is 2.85. The van der Waals surface area contributed by atoms with Gasteiger partial charge in [-0.2, -0.15) is 15.0 Å². The van der Waals surface area contributed by atoms with Crippen molar-refractivity contribution >= 4 is 33.5 Å². The Morgan fingerprint density at radius 3 is 2.70 bits per heavy atom. The zero-order chi connectivity index (χ0) is 14.4. The third-order valence-electron chi connectivity index (χ3n) is 2.35. The number of hydrogen-bond acceptors (Lipinski definition) is 6. The number of anilines is 3. The van der Waals surface area contributed by atoms with Crippen LogP contribution in [0.1, 0.15) is 13.3 Å². The number of nitrogens with zero attached hydrogens (tertiary/aromatic N) is 3. The van der Waals surface area contributed by atoms with Gasteiger partial charge in [-0.3, -0.25) is 0 Å². The monoisotopic (exact) mass is 337 g/mol. The van der Waals surface area contributed by atoms with Crippen LogP contribution in [0.15, 0.2) is 28.7 Å². The van der Waals surface area contributed by atoms with Crippen LogP contribution in [0.25, 0.3) is 0 Å². The first-order chi connectivity index (χ1) is 9.71. The molecule has 0 fully saturated rings. The fourth-order valence-corrected chi connectivity index (χ4v) is 1.88. The second kappa shape index (κ2) is 7.04. The second-order valence-electron chi connectivity index (χ2n) is 4.00. The van der Waals surface area contributed by atoms with Gasteiger partial charge in [0.1, 0.15) is 0 Å². The van der Waals surface area contributed by atoms with Gasteiger partial charge >= 0.3 is 6.01 Å². The lowest BCUT2D eigenvalue weighted by Gasteiger charge is -2.09. The zero-order valence-electron chi connectivity index (χ0n) is 11.4. The molecule has 0 saturated carbocycles. The van der Waals surface area contributed by atoms with Crippen molar-refractivity contribution < 1.29 is 4.74 Å². The Morgan fingerprint density at radius 1 is 1.20 bits per heavy atom. The summed E-state index contributed by atoms with van der Waals surface area (Å²) in [6.07, 6.45) is 0.898. The highest BCUT2D eigenvalue weighted by atomic mass is 79.9. The number of nitrogens with one attached hydrogen (secondary N) is 2. The van der Waals surface area contributed by atoms with Crippen molar-refractivity contribution in [3.05, 3.63) is 28.7 Å². The van der Waals surface area contributed by atoms with E-state index in [1.807, 2.05) is 31.2 Å². The Kier molecular flexibility index (Phi) is 5.11. The summed E-state index contributed by atoms with van der Waals surface area (Å²) in [5.41, 5.74) is 0.883. The number of aromatic nitrogens is 3. The number of ether oxygens (including phenoxy) is 1. The molecule has 1 heterocycles. The molecule has 0 spiro atoms. The van der Waals surface area contributed by atoms with Gasteiger partial charge in [0.05, 0.1) is 6.61 Å². The maximum Gasteiger partial charge on any atom is 0.323 e. The molecule has 0 aliphatic carbocycles. The highest BCUT2D eigenvalue weighted by Crippen LogP contribution is 2.20. The molecule has 7 heteroatoms. The van der Waals surface area contributed by atoms with E-state index in [0.29, 0.717) is 24.5 Å². The predicted octanol–water partition coefficient (Wildman–Crippen LogP) is 3.21. The number of benzene rings is 1. The van der Waals surface area contributed by atoms with Gasteiger partial charge in [0.2, 0.25) is 11.9 Å². The molecule has 0 unspecified atom stereocenters. The number of hydrogen-bond donors (Lipinski definition) is 2. The van der Waals surface area contributed by atoms with Crippen LogP contribution in [-0.4, -0.2) is 28.6 Å². The van der Waals surface area contributed by atoms with Crippen molar-refractivity contribution in [2.45, 2.75) is 13.3 Å². The standard InChI is InChI=1S/C13H16BrN5O/c1-3-7-20-13-18-11(15-2)17-12(19-13)16-10-6-4-5-9(14)8-10/h4-6,8H,3,7H2,1-2H3,(H2,15,16,17,18,19). The Bertz CT molecular complexity index is 578. The smallest absolute Gasteiger partial charge is 0.323 e. The lowest BCUT2D eigenvalue weighted by molar-refractivity contribution is 0.292. The van der Waals surface area contributed by atoms with Gasteiger partial charge in [0.15, 0.2) is 0 Å². The molecule has 0 amide bonds. The summed E-state index contributed by atoms with van der Waals surface area (Å²) in [7, 11) is 1.75. The van der Waals surface area contributed by atoms with Crippen molar-refractivity contribution in [2.24, 2.45) is 0 Å². The lowest BCUT2D eigenvalue weighted by atomic mass is 10.3. The average Bonchev–Trinajstić information content (AvgIpc) is 2.45. The largest absolute Gasteiger partial charge is 0.463 e. The van der Waals surface area contributed by atoms with Crippen molar-refractivity contribution in [3.8, 4) is 6.01 Å². The Labute approximate surface area is 126 Å². The normalized spacial score (nSPS) is 10.2. The fraction of sp³-hybridized carbons (Fsp3) is 0.308. The molecule has 0 aliphatic heterocycles. The summed E-state index contributed by atoms with van der Waals surface area (Å²) >= 11 is 3.42. The van der Waals surface area contributed by atoms with Gasteiger partial charge in [0, 0.05) is 17.2 Å². The van der Waals surface area contributed by atoms with E-state index in [1.165, 1.54) is 0 Å². The van der Waals surface area contributed by atoms with Crippen LogP contribution < -0.4 is 15.4 Å². The van der Waals surface area contributed by atoms with E-state index >= 15 is 0 Å². The van der Waals surface area contributed by atoms with E-state index in [9.17, 15) is 0 Å². The molecule has 0 aliphatic rings. The quantitative estimate of drug-likeness (QED) is 0.843. The molecular weight excluding hydrogens is 322 g/mol. The Morgan fingerprint density at radius 2 is 2.00 bits per heavy atom. The molecule has 1 aromatic carbocycles. The zero-order valence-corrected chi connectivity index (χ0v) is 12.9. The van der Waals surface area contributed by atoms with E-state index in [4.69, 9.17) is 4.74 Å². The number of rotatable bonds is 6. The molecule has 0 saturated heterocycles. The van der Waals surface area contributed by atoms with Crippen LogP contribution in [0.4, 0.5) is 17.6 Å². The summed E-state index contributed by atoms with van der Waals surface area (Å²) in [6, 6.07) is 8.06.